The maximum Gasteiger partial charge on any atom is 0.225 e. The molecule has 0 saturated carbocycles. The molecular weight excluding hydrogens is 274 g/mol. The lowest BCUT2D eigenvalue weighted by Gasteiger charge is -2.26. The standard InChI is InChI=1S/C16H20ClNO2/c17-15-3-1-12(2-4-15)14-5-8-18(11-14)16(19)13-6-9-20-10-7-13/h1-4,13-14H,5-11H2. The van der Waals surface area contributed by atoms with E-state index in [0.717, 1.165) is 50.6 Å². The first kappa shape index (κ1) is 13.9. The van der Waals surface area contributed by atoms with Crippen LogP contribution >= 0.6 is 11.6 Å². The van der Waals surface area contributed by atoms with Gasteiger partial charge in [0.1, 0.15) is 0 Å². The molecule has 0 aliphatic carbocycles. The van der Waals surface area contributed by atoms with E-state index >= 15 is 0 Å². The number of nitrogens with zero attached hydrogens (tertiary/aromatic N) is 1. The summed E-state index contributed by atoms with van der Waals surface area (Å²) in [6, 6.07) is 8.02. The summed E-state index contributed by atoms with van der Waals surface area (Å²) in [4.78, 5) is 14.5. The van der Waals surface area contributed by atoms with Crippen LogP contribution in [0.2, 0.25) is 5.02 Å². The second-order valence-electron chi connectivity index (χ2n) is 5.71. The summed E-state index contributed by atoms with van der Waals surface area (Å²) in [6.07, 6.45) is 2.80. The second kappa shape index (κ2) is 6.15. The van der Waals surface area contributed by atoms with Crippen LogP contribution in [-0.4, -0.2) is 37.1 Å². The zero-order valence-electron chi connectivity index (χ0n) is 11.6. The molecule has 0 N–H and O–H groups in total. The maximum absolute atomic E-state index is 12.5. The van der Waals surface area contributed by atoms with Crippen LogP contribution in [0.5, 0.6) is 0 Å². The van der Waals surface area contributed by atoms with E-state index in [1.807, 2.05) is 17.0 Å². The lowest BCUT2D eigenvalue weighted by Crippen LogP contribution is -2.36. The Morgan fingerprint density at radius 1 is 1.15 bits per heavy atom. The Hall–Kier alpha value is -1.06. The highest BCUT2D eigenvalue weighted by molar-refractivity contribution is 6.30. The first-order valence-electron chi connectivity index (χ1n) is 7.36. The molecule has 1 atom stereocenters. The second-order valence-corrected chi connectivity index (χ2v) is 6.14. The number of hydrogen-bond donors (Lipinski definition) is 0. The monoisotopic (exact) mass is 293 g/mol. The zero-order valence-corrected chi connectivity index (χ0v) is 12.3. The predicted octanol–water partition coefficient (Wildman–Crippen LogP) is 3.08. The van der Waals surface area contributed by atoms with Crippen LogP contribution in [0.15, 0.2) is 24.3 Å². The van der Waals surface area contributed by atoms with Crippen molar-refractivity contribution in [2.75, 3.05) is 26.3 Å². The Morgan fingerprint density at radius 2 is 1.85 bits per heavy atom. The van der Waals surface area contributed by atoms with Crippen molar-refractivity contribution in [2.24, 2.45) is 5.92 Å². The summed E-state index contributed by atoms with van der Waals surface area (Å²) >= 11 is 5.92. The molecule has 1 aromatic carbocycles. The number of halogens is 1. The van der Waals surface area contributed by atoms with E-state index in [1.54, 1.807) is 0 Å². The molecule has 2 fully saturated rings. The number of rotatable bonds is 2. The van der Waals surface area contributed by atoms with Crippen LogP contribution in [-0.2, 0) is 9.53 Å². The van der Waals surface area contributed by atoms with Crippen molar-refractivity contribution in [1.82, 2.24) is 4.90 Å². The van der Waals surface area contributed by atoms with Gasteiger partial charge in [-0.2, -0.15) is 0 Å². The van der Waals surface area contributed by atoms with E-state index in [2.05, 4.69) is 12.1 Å². The first-order valence-corrected chi connectivity index (χ1v) is 7.74. The Labute approximate surface area is 124 Å². The molecule has 0 spiro atoms. The summed E-state index contributed by atoms with van der Waals surface area (Å²) < 4.78 is 5.33. The van der Waals surface area contributed by atoms with E-state index in [-0.39, 0.29) is 5.92 Å². The van der Waals surface area contributed by atoms with Crippen LogP contribution in [0.25, 0.3) is 0 Å². The maximum atomic E-state index is 12.5. The minimum absolute atomic E-state index is 0.174. The van der Waals surface area contributed by atoms with Crippen molar-refractivity contribution in [3.8, 4) is 0 Å². The number of carbonyl (C=O) groups is 1. The van der Waals surface area contributed by atoms with E-state index in [4.69, 9.17) is 16.3 Å². The molecule has 2 heterocycles. The van der Waals surface area contributed by atoms with Gasteiger partial charge in [0.15, 0.2) is 0 Å². The molecule has 2 aliphatic heterocycles. The molecule has 1 amide bonds. The van der Waals surface area contributed by atoms with Crippen LogP contribution in [0.3, 0.4) is 0 Å². The highest BCUT2D eigenvalue weighted by atomic mass is 35.5. The van der Waals surface area contributed by atoms with Crippen molar-refractivity contribution in [2.45, 2.75) is 25.2 Å². The Kier molecular flexibility index (Phi) is 4.27. The van der Waals surface area contributed by atoms with Crippen LogP contribution < -0.4 is 0 Å². The van der Waals surface area contributed by atoms with Gasteiger partial charge in [-0.1, -0.05) is 23.7 Å². The van der Waals surface area contributed by atoms with Gasteiger partial charge in [-0.05, 0) is 37.0 Å². The van der Waals surface area contributed by atoms with E-state index in [1.165, 1.54) is 5.56 Å². The molecule has 4 heteroatoms. The minimum atomic E-state index is 0.174. The fraction of sp³-hybridized carbons (Fsp3) is 0.562. The smallest absolute Gasteiger partial charge is 0.225 e. The number of benzene rings is 1. The molecule has 108 valence electrons. The average molecular weight is 294 g/mol. The average Bonchev–Trinajstić information content (AvgIpc) is 2.98. The lowest BCUT2D eigenvalue weighted by atomic mass is 9.98. The fourth-order valence-corrected chi connectivity index (χ4v) is 3.30. The van der Waals surface area contributed by atoms with E-state index in [9.17, 15) is 4.79 Å². The zero-order chi connectivity index (χ0) is 13.9. The molecule has 0 bridgehead atoms. The van der Waals surface area contributed by atoms with Gasteiger partial charge in [0.2, 0.25) is 5.91 Å². The van der Waals surface area contributed by atoms with E-state index < -0.39 is 0 Å². The van der Waals surface area contributed by atoms with Gasteiger partial charge >= 0.3 is 0 Å². The molecule has 3 rings (SSSR count). The van der Waals surface area contributed by atoms with Crippen molar-refractivity contribution < 1.29 is 9.53 Å². The Bertz CT molecular complexity index is 468. The number of amides is 1. The summed E-state index contributed by atoms with van der Waals surface area (Å²) in [5, 5.41) is 0.766. The van der Waals surface area contributed by atoms with Crippen LogP contribution in [0, 0.1) is 5.92 Å². The van der Waals surface area contributed by atoms with Crippen LogP contribution in [0.4, 0.5) is 0 Å². The summed E-state index contributed by atoms with van der Waals surface area (Å²) in [5.74, 6) is 0.952. The fourth-order valence-electron chi connectivity index (χ4n) is 3.17. The third-order valence-corrected chi connectivity index (χ3v) is 4.66. The van der Waals surface area contributed by atoms with Crippen molar-refractivity contribution in [3.63, 3.8) is 0 Å². The summed E-state index contributed by atoms with van der Waals surface area (Å²) in [5.41, 5.74) is 1.29. The number of likely N-dealkylation sites (tertiary alicyclic amines) is 1. The molecule has 3 nitrogen and oxygen atoms in total. The number of carbonyl (C=O) groups excluding carboxylic acids is 1. The van der Waals surface area contributed by atoms with Gasteiger partial charge in [0, 0.05) is 43.2 Å². The quantitative estimate of drug-likeness (QED) is 0.839. The summed E-state index contributed by atoms with van der Waals surface area (Å²) in [7, 11) is 0. The molecule has 20 heavy (non-hydrogen) atoms. The Morgan fingerprint density at radius 3 is 2.55 bits per heavy atom. The molecule has 2 aliphatic rings. The molecule has 0 aromatic heterocycles. The normalized spacial score (nSPS) is 24.1. The van der Waals surface area contributed by atoms with Gasteiger partial charge in [-0.15, -0.1) is 0 Å². The topological polar surface area (TPSA) is 29.5 Å². The third kappa shape index (κ3) is 2.99. The summed E-state index contributed by atoms with van der Waals surface area (Å²) in [6.45, 7) is 3.18. The van der Waals surface area contributed by atoms with E-state index in [0.29, 0.717) is 11.8 Å². The van der Waals surface area contributed by atoms with Crippen LogP contribution in [0.1, 0.15) is 30.7 Å². The largest absolute Gasteiger partial charge is 0.381 e. The number of hydrogen-bond acceptors (Lipinski definition) is 2. The van der Waals surface area contributed by atoms with Crippen molar-refractivity contribution >= 4 is 17.5 Å². The molecular formula is C16H20ClNO2. The number of ether oxygens (including phenoxy) is 1. The first-order chi connectivity index (χ1) is 9.74. The SMILES string of the molecule is O=C(C1CCOCC1)N1CCC(c2ccc(Cl)cc2)C1. The molecule has 1 unspecified atom stereocenters. The van der Waals surface area contributed by atoms with Crippen molar-refractivity contribution in [1.29, 1.82) is 0 Å². The lowest BCUT2D eigenvalue weighted by molar-refractivity contribution is -0.137. The van der Waals surface area contributed by atoms with Gasteiger partial charge in [-0.3, -0.25) is 4.79 Å². The van der Waals surface area contributed by atoms with Gasteiger partial charge in [0.05, 0.1) is 0 Å². The van der Waals surface area contributed by atoms with Crippen molar-refractivity contribution in [3.05, 3.63) is 34.9 Å². The van der Waals surface area contributed by atoms with Gasteiger partial charge in [0.25, 0.3) is 0 Å². The molecule has 2 saturated heterocycles. The molecule has 0 radical (unpaired) electrons. The minimum Gasteiger partial charge on any atom is -0.381 e. The van der Waals surface area contributed by atoms with Gasteiger partial charge < -0.3 is 9.64 Å². The molecule has 1 aromatic rings. The predicted molar refractivity (Wildman–Crippen MR) is 78.9 cm³/mol. The highest BCUT2D eigenvalue weighted by Crippen LogP contribution is 2.30. The highest BCUT2D eigenvalue weighted by Gasteiger charge is 2.32. The van der Waals surface area contributed by atoms with Gasteiger partial charge in [-0.25, -0.2) is 0 Å². The Balaban J connectivity index is 1.61. The third-order valence-electron chi connectivity index (χ3n) is 4.41.